The summed E-state index contributed by atoms with van der Waals surface area (Å²) in [6, 6.07) is 7.65. The number of anilines is 1. The molecule has 0 bridgehead atoms. The predicted molar refractivity (Wildman–Crippen MR) is 72.0 cm³/mol. The van der Waals surface area contributed by atoms with Crippen molar-refractivity contribution < 1.29 is 14.7 Å². The fourth-order valence-electron chi connectivity index (χ4n) is 2.31. The minimum absolute atomic E-state index is 0.0561. The molecule has 1 fully saturated rings. The summed E-state index contributed by atoms with van der Waals surface area (Å²) >= 11 is 0. The number of aryl methyl sites for hydroxylation is 1. The lowest BCUT2D eigenvalue weighted by Gasteiger charge is -2.37. The number of carbonyl (C=O) groups is 2. The molecule has 0 aromatic heterocycles. The first-order valence-electron chi connectivity index (χ1n) is 6.33. The Kier molecular flexibility index (Phi) is 4.16. The van der Waals surface area contributed by atoms with Crippen molar-refractivity contribution in [2.24, 2.45) is 5.92 Å². The second kappa shape index (κ2) is 5.84. The third kappa shape index (κ3) is 4.06. The minimum atomic E-state index is -0.770. The van der Waals surface area contributed by atoms with E-state index in [1.807, 2.05) is 36.1 Å². The predicted octanol–water partition coefficient (Wildman–Crippen LogP) is 1.34. The molecule has 0 radical (unpaired) electrons. The number of benzene rings is 1. The Morgan fingerprint density at radius 1 is 1.42 bits per heavy atom. The Morgan fingerprint density at radius 2 is 2.16 bits per heavy atom. The number of likely N-dealkylation sites (tertiary alicyclic amines) is 1. The minimum Gasteiger partial charge on any atom is -0.481 e. The molecule has 1 aromatic rings. The first-order chi connectivity index (χ1) is 9.02. The van der Waals surface area contributed by atoms with E-state index in [4.69, 9.17) is 5.11 Å². The number of hydrogen-bond donors (Lipinski definition) is 2. The van der Waals surface area contributed by atoms with Gasteiger partial charge in [0.05, 0.1) is 13.0 Å². The van der Waals surface area contributed by atoms with Crippen LogP contribution in [0.5, 0.6) is 0 Å². The number of hydrogen-bond acceptors (Lipinski definition) is 3. The molecule has 0 spiro atoms. The van der Waals surface area contributed by atoms with Crippen LogP contribution in [0.4, 0.5) is 5.69 Å². The summed E-state index contributed by atoms with van der Waals surface area (Å²) in [7, 11) is 0. The molecule has 102 valence electrons. The maximum absolute atomic E-state index is 11.8. The summed E-state index contributed by atoms with van der Waals surface area (Å²) in [4.78, 5) is 24.3. The zero-order valence-electron chi connectivity index (χ0n) is 10.9. The molecule has 1 saturated heterocycles. The standard InChI is InChI=1S/C14H18N2O3/c1-10-3-2-4-12(5-10)15-13(17)9-16-7-11(8-16)6-14(18)19/h2-5,11H,6-9H2,1H3,(H,15,17)(H,18,19). The van der Waals surface area contributed by atoms with E-state index in [2.05, 4.69) is 5.32 Å². The van der Waals surface area contributed by atoms with Crippen molar-refractivity contribution in [3.05, 3.63) is 29.8 Å². The number of rotatable bonds is 5. The SMILES string of the molecule is Cc1cccc(NC(=O)CN2CC(CC(=O)O)C2)c1. The van der Waals surface area contributed by atoms with Crippen LogP contribution in [0, 0.1) is 12.8 Å². The van der Waals surface area contributed by atoms with Crippen molar-refractivity contribution in [1.82, 2.24) is 4.90 Å². The molecule has 5 nitrogen and oxygen atoms in total. The van der Waals surface area contributed by atoms with Gasteiger partial charge in [-0.2, -0.15) is 0 Å². The highest BCUT2D eigenvalue weighted by molar-refractivity contribution is 5.92. The lowest BCUT2D eigenvalue weighted by molar-refractivity contribution is -0.139. The van der Waals surface area contributed by atoms with Gasteiger partial charge in [0.2, 0.25) is 5.91 Å². The molecular weight excluding hydrogens is 244 g/mol. The van der Waals surface area contributed by atoms with Crippen LogP contribution < -0.4 is 5.32 Å². The molecule has 0 unspecified atom stereocenters. The summed E-state index contributed by atoms with van der Waals surface area (Å²) in [5.41, 5.74) is 1.90. The molecule has 1 amide bonds. The topological polar surface area (TPSA) is 69.6 Å². The number of nitrogens with zero attached hydrogens (tertiary/aromatic N) is 1. The number of carboxylic acids is 1. The third-order valence-electron chi connectivity index (χ3n) is 3.17. The van der Waals surface area contributed by atoms with Crippen molar-refractivity contribution in [2.75, 3.05) is 25.0 Å². The fraction of sp³-hybridized carbons (Fsp3) is 0.429. The molecule has 2 N–H and O–H groups in total. The van der Waals surface area contributed by atoms with E-state index < -0.39 is 5.97 Å². The first kappa shape index (κ1) is 13.5. The molecule has 1 aromatic carbocycles. The second-order valence-electron chi connectivity index (χ2n) is 5.08. The van der Waals surface area contributed by atoms with Crippen LogP contribution in [-0.2, 0) is 9.59 Å². The van der Waals surface area contributed by atoms with E-state index >= 15 is 0 Å². The summed E-state index contributed by atoms with van der Waals surface area (Å²) in [5.74, 6) is -0.641. The van der Waals surface area contributed by atoms with Gasteiger partial charge in [0.25, 0.3) is 0 Å². The zero-order chi connectivity index (χ0) is 13.8. The number of carboxylic acid groups (broad SMARTS) is 1. The van der Waals surface area contributed by atoms with Gasteiger partial charge in [-0.15, -0.1) is 0 Å². The number of aliphatic carboxylic acids is 1. The van der Waals surface area contributed by atoms with Gasteiger partial charge in [-0.25, -0.2) is 0 Å². The molecule has 1 aliphatic heterocycles. The largest absolute Gasteiger partial charge is 0.481 e. The Morgan fingerprint density at radius 3 is 2.79 bits per heavy atom. The van der Waals surface area contributed by atoms with Crippen molar-refractivity contribution in [1.29, 1.82) is 0 Å². The van der Waals surface area contributed by atoms with Crippen molar-refractivity contribution in [2.45, 2.75) is 13.3 Å². The van der Waals surface area contributed by atoms with Crippen LogP contribution in [0.25, 0.3) is 0 Å². The van der Waals surface area contributed by atoms with Crippen molar-refractivity contribution in [3.8, 4) is 0 Å². The van der Waals surface area contributed by atoms with Gasteiger partial charge in [0.1, 0.15) is 0 Å². The highest BCUT2D eigenvalue weighted by Gasteiger charge is 2.29. The van der Waals surface area contributed by atoms with E-state index in [9.17, 15) is 9.59 Å². The smallest absolute Gasteiger partial charge is 0.303 e. The van der Waals surface area contributed by atoms with Crippen LogP contribution in [0.3, 0.4) is 0 Å². The van der Waals surface area contributed by atoms with Crippen molar-refractivity contribution in [3.63, 3.8) is 0 Å². The monoisotopic (exact) mass is 262 g/mol. The number of amides is 1. The van der Waals surface area contributed by atoms with E-state index in [-0.39, 0.29) is 18.2 Å². The normalized spacial score (nSPS) is 15.8. The third-order valence-corrected chi connectivity index (χ3v) is 3.17. The Labute approximate surface area is 112 Å². The van der Waals surface area contributed by atoms with E-state index in [1.54, 1.807) is 0 Å². The van der Waals surface area contributed by atoms with Crippen LogP contribution in [0.2, 0.25) is 0 Å². The Balaban J connectivity index is 1.73. The molecular formula is C14H18N2O3. The van der Waals surface area contributed by atoms with E-state index in [0.717, 1.165) is 11.3 Å². The van der Waals surface area contributed by atoms with Crippen LogP contribution in [0.1, 0.15) is 12.0 Å². The van der Waals surface area contributed by atoms with Crippen LogP contribution >= 0.6 is 0 Å². The highest BCUT2D eigenvalue weighted by atomic mass is 16.4. The highest BCUT2D eigenvalue weighted by Crippen LogP contribution is 2.18. The molecule has 19 heavy (non-hydrogen) atoms. The molecule has 1 heterocycles. The number of nitrogens with one attached hydrogen (secondary N) is 1. The van der Waals surface area contributed by atoms with E-state index in [1.165, 1.54) is 0 Å². The Hall–Kier alpha value is -1.88. The Bertz CT molecular complexity index is 481. The molecule has 5 heteroatoms. The van der Waals surface area contributed by atoms with Gasteiger partial charge >= 0.3 is 5.97 Å². The second-order valence-corrected chi connectivity index (χ2v) is 5.08. The summed E-state index contributed by atoms with van der Waals surface area (Å²) in [6.07, 6.45) is 0.190. The van der Waals surface area contributed by atoms with Gasteiger partial charge in [-0.05, 0) is 30.5 Å². The van der Waals surface area contributed by atoms with Crippen LogP contribution in [-0.4, -0.2) is 41.5 Å². The maximum atomic E-state index is 11.8. The van der Waals surface area contributed by atoms with Gasteiger partial charge in [-0.1, -0.05) is 12.1 Å². The summed E-state index contributed by atoms with van der Waals surface area (Å²) < 4.78 is 0. The average Bonchev–Trinajstić information content (AvgIpc) is 2.25. The summed E-state index contributed by atoms with van der Waals surface area (Å²) in [6.45, 7) is 3.67. The van der Waals surface area contributed by atoms with E-state index in [0.29, 0.717) is 19.6 Å². The van der Waals surface area contributed by atoms with Crippen LogP contribution in [0.15, 0.2) is 24.3 Å². The quantitative estimate of drug-likeness (QED) is 0.840. The van der Waals surface area contributed by atoms with Gasteiger partial charge in [0, 0.05) is 18.8 Å². The fourth-order valence-corrected chi connectivity index (χ4v) is 2.31. The maximum Gasteiger partial charge on any atom is 0.303 e. The average molecular weight is 262 g/mol. The summed E-state index contributed by atoms with van der Waals surface area (Å²) in [5, 5.41) is 11.5. The van der Waals surface area contributed by atoms with Gasteiger partial charge in [0.15, 0.2) is 0 Å². The van der Waals surface area contributed by atoms with Gasteiger partial charge < -0.3 is 10.4 Å². The van der Waals surface area contributed by atoms with Crippen molar-refractivity contribution >= 4 is 17.6 Å². The molecule has 0 aliphatic carbocycles. The number of carbonyl (C=O) groups excluding carboxylic acids is 1. The molecule has 2 rings (SSSR count). The lowest BCUT2D eigenvalue weighted by Crippen LogP contribution is -2.50. The first-order valence-corrected chi connectivity index (χ1v) is 6.33. The van der Waals surface area contributed by atoms with Gasteiger partial charge in [-0.3, -0.25) is 14.5 Å². The lowest BCUT2D eigenvalue weighted by atomic mass is 9.96. The molecule has 0 atom stereocenters. The zero-order valence-corrected chi connectivity index (χ0v) is 10.9. The molecule has 1 aliphatic rings. The molecule has 0 saturated carbocycles.